The first kappa shape index (κ1) is 20.3. The number of benzene rings is 3. The molecule has 1 fully saturated rings. The zero-order valence-corrected chi connectivity index (χ0v) is 18.2. The van der Waals surface area contributed by atoms with E-state index in [0.29, 0.717) is 11.5 Å². The highest BCUT2D eigenvalue weighted by Crippen LogP contribution is 2.39. The highest BCUT2D eigenvalue weighted by Gasteiger charge is 2.25. The monoisotopic (exact) mass is 425 g/mol. The summed E-state index contributed by atoms with van der Waals surface area (Å²) in [7, 11) is -0.631. The van der Waals surface area contributed by atoms with Crippen molar-refractivity contribution in [3.8, 4) is 11.1 Å². The zero-order chi connectivity index (χ0) is 20.4. The van der Waals surface area contributed by atoms with Crippen LogP contribution in [0.15, 0.2) is 66.7 Å². The summed E-state index contributed by atoms with van der Waals surface area (Å²) in [6.45, 7) is 2.24. The fraction of sp³-hybridized carbons (Fsp3) is 0.280. The minimum Gasteiger partial charge on any atom is -0.204 e. The Morgan fingerprint density at radius 2 is 1.52 bits per heavy atom. The molecule has 0 amide bonds. The standard InChI is InChI=1S/C25H24ClF2Si/c1-17(22-4-2-3-5-23(22)20-12-14-29(26)15-13-20)18-6-8-19(9-7-18)21-10-11-24(27)25(28)16-21/h2-11,16-17,20H,12-15H2,1H3. The van der Waals surface area contributed by atoms with Crippen molar-refractivity contribution in [1.82, 2.24) is 0 Å². The first-order chi connectivity index (χ1) is 14.0. The van der Waals surface area contributed by atoms with Crippen LogP contribution in [0.4, 0.5) is 8.78 Å². The van der Waals surface area contributed by atoms with Gasteiger partial charge in [-0.2, -0.15) is 11.1 Å². The highest BCUT2D eigenvalue weighted by atomic mass is 35.6. The second-order valence-electron chi connectivity index (χ2n) is 7.89. The van der Waals surface area contributed by atoms with Gasteiger partial charge in [0.1, 0.15) is 0 Å². The molecule has 0 nitrogen and oxygen atoms in total. The molecule has 0 N–H and O–H groups in total. The molecule has 0 aromatic heterocycles. The van der Waals surface area contributed by atoms with E-state index in [1.54, 1.807) is 6.07 Å². The zero-order valence-electron chi connectivity index (χ0n) is 16.5. The van der Waals surface area contributed by atoms with E-state index < -0.39 is 19.7 Å². The molecule has 0 spiro atoms. The maximum absolute atomic E-state index is 13.6. The van der Waals surface area contributed by atoms with Crippen molar-refractivity contribution in [2.45, 2.75) is 43.7 Å². The molecule has 0 saturated carbocycles. The Morgan fingerprint density at radius 3 is 2.21 bits per heavy atom. The van der Waals surface area contributed by atoms with Gasteiger partial charge in [0.2, 0.25) is 0 Å². The minimum absolute atomic E-state index is 0.271. The number of hydrogen-bond donors (Lipinski definition) is 0. The van der Waals surface area contributed by atoms with Crippen LogP contribution >= 0.6 is 11.1 Å². The van der Waals surface area contributed by atoms with Gasteiger partial charge in [-0.1, -0.05) is 61.5 Å². The van der Waals surface area contributed by atoms with Crippen molar-refractivity contribution in [2.75, 3.05) is 0 Å². The molecular weight excluding hydrogens is 402 g/mol. The Bertz CT molecular complexity index is 978. The predicted octanol–water partition coefficient (Wildman–Crippen LogP) is 7.89. The van der Waals surface area contributed by atoms with Gasteiger partial charge < -0.3 is 0 Å². The normalized spacial score (nSPS) is 16.7. The van der Waals surface area contributed by atoms with Crippen LogP contribution in [0.3, 0.4) is 0 Å². The Morgan fingerprint density at radius 1 is 0.862 bits per heavy atom. The molecule has 0 aliphatic carbocycles. The lowest BCUT2D eigenvalue weighted by atomic mass is 9.82. The van der Waals surface area contributed by atoms with Crippen LogP contribution in [0.2, 0.25) is 12.1 Å². The molecule has 29 heavy (non-hydrogen) atoms. The molecule has 3 aromatic rings. The van der Waals surface area contributed by atoms with Crippen molar-refractivity contribution in [2.24, 2.45) is 0 Å². The molecular formula is C25H24ClF2Si. The number of halogens is 3. The summed E-state index contributed by atoms with van der Waals surface area (Å²) in [6, 6.07) is 23.3. The Hall–Kier alpha value is -1.97. The van der Waals surface area contributed by atoms with E-state index in [-0.39, 0.29) is 5.92 Å². The number of hydrogen-bond acceptors (Lipinski definition) is 0. The third-order valence-corrected chi connectivity index (χ3v) is 8.89. The molecule has 0 bridgehead atoms. The molecule has 1 heterocycles. The second-order valence-corrected chi connectivity index (χ2v) is 11.5. The van der Waals surface area contributed by atoms with E-state index in [2.05, 4.69) is 43.3 Å². The van der Waals surface area contributed by atoms with Gasteiger partial charge in [-0.3, -0.25) is 0 Å². The molecule has 1 saturated heterocycles. The van der Waals surface area contributed by atoms with E-state index in [0.717, 1.165) is 5.56 Å². The van der Waals surface area contributed by atoms with Gasteiger partial charge in [-0.25, -0.2) is 8.78 Å². The van der Waals surface area contributed by atoms with E-state index in [1.165, 1.54) is 53.8 Å². The van der Waals surface area contributed by atoms with Crippen LogP contribution in [-0.4, -0.2) is 8.11 Å². The largest absolute Gasteiger partial charge is 0.204 e. The van der Waals surface area contributed by atoms with E-state index >= 15 is 0 Å². The third kappa shape index (κ3) is 4.46. The van der Waals surface area contributed by atoms with E-state index in [9.17, 15) is 8.78 Å². The smallest absolute Gasteiger partial charge is 0.165 e. The molecule has 1 aliphatic rings. The van der Waals surface area contributed by atoms with Gasteiger partial charge in [0.05, 0.1) is 0 Å². The summed E-state index contributed by atoms with van der Waals surface area (Å²) in [4.78, 5) is 0. The maximum atomic E-state index is 13.6. The average Bonchev–Trinajstić information content (AvgIpc) is 2.76. The fourth-order valence-corrected chi connectivity index (χ4v) is 6.57. The Kier molecular flexibility index (Phi) is 6.17. The van der Waals surface area contributed by atoms with Crippen LogP contribution in [0.5, 0.6) is 0 Å². The van der Waals surface area contributed by atoms with Gasteiger partial charge in [-0.05, 0) is 70.8 Å². The highest BCUT2D eigenvalue weighted by molar-refractivity contribution is 7.07. The van der Waals surface area contributed by atoms with Crippen LogP contribution < -0.4 is 0 Å². The molecule has 1 unspecified atom stereocenters. The summed E-state index contributed by atoms with van der Waals surface area (Å²) in [5.41, 5.74) is 5.63. The molecule has 1 atom stereocenters. The Labute approximate surface area is 177 Å². The van der Waals surface area contributed by atoms with Crippen molar-refractivity contribution < 1.29 is 8.78 Å². The molecule has 1 radical (unpaired) electrons. The lowest BCUT2D eigenvalue weighted by Gasteiger charge is -2.28. The minimum atomic E-state index is -0.819. The summed E-state index contributed by atoms with van der Waals surface area (Å²) in [6.07, 6.45) is 2.38. The summed E-state index contributed by atoms with van der Waals surface area (Å²) < 4.78 is 26.8. The van der Waals surface area contributed by atoms with Crippen molar-refractivity contribution >= 4 is 19.2 Å². The first-order valence-corrected chi connectivity index (χ1v) is 13.1. The fourth-order valence-electron chi connectivity index (χ4n) is 4.34. The lowest BCUT2D eigenvalue weighted by molar-refractivity contribution is 0.509. The summed E-state index contributed by atoms with van der Waals surface area (Å²) in [5.74, 6) is -0.765. The molecule has 4 rings (SSSR count). The van der Waals surface area contributed by atoms with Crippen molar-refractivity contribution in [1.29, 1.82) is 0 Å². The molecule has 149 valence electrons. The van der Waals surface area contributed by atoms with Gasteiger partial charge in [0, 0.05) is 5.92 Å². The SMILES string of the molecule is CC(c1ccc(-c2ccc(F)c(F)c2)cc1)c1ccccc1C1CC[Si](Cl)CC1. The summed E-state index contributed by atoms with van der Waals surface area (Å²) in [5, 5.41) is 0. The van der Waals surface area contributed by atoms with Crippen LogP contribution in [0, 0.1) is 11.6 Å². The molecule has 4 heteroatoms. The van der Waals surface area contributed by atoms with E-state index in [1.807, 2.05) is 12.1 Å². The van der Waals surface area contributed by atoms with Crippen molar-refractivity contribution in [3.05, 3.63) is 95.1 Å². The predicted molar refractivity (Wildman–Crippen MR) is 119 cm³/mol. The topological polar surface area (TPSA) is 0 Å². The lowest BCUT2D eigenvalue weighted by Crippen LogP contribution is -2.16. The third-order valence-electron chi connectivity index (χ3n) is 6.09. The van der Waals surface area contributed by atoms with Crippen molar-refractivity contribution in [3.63, 3.8) is 0 Å². The van der Waals surface area contributed by atoms with Gasteiger partial charge in [0.25, 0.3) is 0 Å². The second kappa shape index (κ2) is 8.81. The van der Waals surface area contributed by atoms with Gasteiger partial charge in [0.15, 0.2) is 19.7 Å². The van der Waals surface area contributed by atoms with Crippen LogP contribution in [-0.2, 0) is 0 Å². The Balaban J connectivity index is 1.59. The van der Waals surface area contributed by atoms with Crippen LogP contribution in [0.1, 0.15) is 48.3 Å². The maximum Gasteiger partial charge on any atom is 0.165 e. The average molecular weight is 426 g/mol. The quantitative estimate of drug-likeness (QED) is 0.294. The summed E-state index contributed by atoms with van der Waals surface area (Å²) >= 11 is 6.41. The van der Waals surface area contributed by atoms with E-state index in [4.69, 9.17) is 11.1 Å². The van der Waals surface area contributed by atoms with Gasteiger partial charge in [-0.15, -0.1) is 0 Å². The molecule has 3 aromatic carbocycles. The first-order valence-electron chi connectivity index (χ1n) is 10.2. The molecule has 1 aliphatic heterocycles. The number of rotatable bonds is 4. The van der Waals surface area contributed by atoms with Crippen LogP contribution in [0.25, 0.3) is 11.1 Å². The van der Waals surface area contributed by atoms with Gasteiger partial charge >= 0.3 is 0 Å².